The van der Waals surface area contributed by atoms with Gasteiger partial charge in [-0.1, -0.05) is 61.5 Å². The summed E-state index contributed by atoms with van der Waals surface area (Å²) in [5, 5.41) is 0. The lowest BCUT2D eigenvalue weighted by Crippen LogP contribution is -2.47. The Hall–Kier alpha value is -1.65. The van der Waals surface area contributed by atoms with Crippen molar-refractivity contribution in [1.29, 1.82) is 0 Å². The third-order valence-electron chi connectivity index (χ3n) is 4.60. The lowest BCUT2D eigenvalue weighted by atomic mass is 9.81. The van der Waals surface area contributed by atoms with Crippen LogP contribution in [0.3, 0.4) is 0 Å². The molecule has 0 aromatic rings. The van der Waals surface area contributed by atoms with Crippen LogP contribution in [-0.2, 0) is 14.4 Å². The predicted molar refractivity (Wildman–Crippen MR) is 109 cm³/mol. The molecule has 0 aliphatic carbocycles. The van der Waals surface area contributed by atoms with E-state index in [4.69, 9.17) is 0 Å². The minimum Gasteiger partial charge on any atom is -0.319 e. The summed E-state index contributed by atoms with van der Waals surface area (Å²) in [4.78, 5) is 38.2. The van der Waals surface area contributed by atoms with Crippen LogP contribution in [0.5, 0.6) is 0 Å². The second-order valence-corrected chi connectivity index (χ2v) is 10.2. The normalized spacial score (nSPS) is 21.6. The van der Waals surface area contributed by atoms with Crippen LogP contribution in [0.25, 0.3) is 0 Å². The quantitative estimate of drug-likeness (QED) is 0.688. The molecule has 1 saturated heterocycles. The zero-order valence-corrected chi connectivity index (χ0v) is 18.5. The second kappa shape index (κ2) is 9.03. The van der Waals surface area contributed by atoms with Crippen molar-refractivity contribution in [1.82, 2.24) is 9.80 Å². The van der Waals surface area contributed by atoms with Gasteiger partial charge in [0, 0.05) is 38.6 Å². The van der Waals surface area contributed by atoms with E-state index in [-0.39, 0.29) is 28.6 Å². The molecule has 2 aliphatic heterocycles. The number of rotatable bonds is 4. The highest BCUT2D eigenvalue weighted by molar-refractivity contribution is 5.98. The van der Waals surface area contributed by atoms with Crippen molar-refractivity contribution in [2.24, 2.45) is 22.7 Å². The molecule has 27 heavy (non-hydrogen) atoms. The molecule has 0 unspecified atom stereocenters. The Labute approximate surface area is 165 Å². The van der Waals surface area contributed by atoms with Gasteiger partial charge < -0.3 is 4.90 Å². The van der Waals surface area contributed by atoms with Gasteiger partial charge >= 0.3 is 0 Å². The molecule has 2 rings (SSSR count). The summed E-state index contributed by atoms with van der Waals surface area (Å²) in [6.45, 7) is 17.8. The summed E-state index contributed by atoms with van der Waals surface area (Å²) >= 11 is 0. The third kappa shape index (κ3) is 7.86. The van der Waals surface area contributed by atoms with E-state index >= 15 is 0 Å². The van der Waals surface area contributed by atoms with Crippen molar-refractivity contribution >= 4 is 17.7 Å². The predicted octanol–water partition coefficient (Wildman–Crippen LogP) is 4.23. The summed E-state index contributed by atoms with van der Waals surface area (Å²) < 4.78 is 0. The summed E-state index contributed by atoms with van der Waals surface area (Å²) in [6.07, 6.45) is 5.68. The maximum Gasteiger partial charge on any atom is 0.229 e. The van der Waals surface area contributed by atoms with Gasteiger partial charge in [-0.15, -0.1) is 0 Å². The van der Waals surface area contributed by atoms with E-state index in [0.717, 1.165) is 6.54 Å². The zero-order valence-electron chi connectivity index (χ0n) is 18.5. The monoisotopic (exact) mass is 378 g/mol. The van der Waals surface area contributed by atoms with Crippen molar-refractivity contribution in [3.8, 4) is 0 Å². The number of nitrogens with zero attached hydrogens (tertiary/aromatic N) is 2. The Kier molecular flexibility index (Phi) is 7.82. The standard InChI is InChI=1S/C11H19NO2.C11H19NO/c1-8(2)7-12-9(13)5-11(3,4)6-10(12)14;1-9(2)8-12-6-5-11(3,4)7-10(12)13/h8H,5-7H2,1-4H3;5-6,9H,7-8H2,1-4H3. The van der Waals surface area contributed by atoms with E-state index in [0.29, 0.717) is 37.6 Å². The van der Waals surface area contributed by atoms with Gasteiger partial charge in [-0.2, -0.15) is 0 Å². The molecule has 0 atom stereocenters. The first-order chi connectivity index (χ1) is 12.2. The Morgan fingerprint density at radius 2 is 1.30 bits per heavy atom. The first kappa shape index (κ1) is 23.4. The molecular weight excluding hydrogens is 340 g/mol. The van der Waals surface area contributed by atoms with Gasteiger partial charge in [-0.3, -0.25) is 19.3 Å². The average molecular weight is 379 g/mol. The van der Waals surface area contributed by atoms with Gasteiger partial charge in [0.2, 0.25) is 17.7 Å². The van der Waals surface area contributed by atoms with Crippen molar-refractivity contribution in [3.05, 3.63) is 12.3 Å². The fourth-order valence-electron chi connectivity index (χ4n) is 3.26. The van der Waals surface area contributed by atoms with E-state index in [2.05, 4.69) is 33.8 Å². The Bertz CT molecular complexity index is 568. The number of piperidine rings is 1. The highest BCUT2D eigenvalue weighted by Crippen LogP contribution is 2.31. The molecule has 5 nitrogen and oxygen atoms in total. The summed E-state index contributed by atoms with van der Waals surface area (Å²) in [5.74, 6) is 1.11. The van der Waals surface area contributed by atoms with Gasteiger partial charge in [0.15, 0.2) is 0 Å². The minimum atomic E-state index is -0.151. The molecule has 2 heterocycles. The lowest BCUT2D eigenvalue weighted by Gasteiger charge is -2.35. The first-order valence-electron chi connectivity index (χ1n) is 10.0. The van der Waals surface area contributed by atoms with Crippen molar-refractivity contribution in [2.75, 3.05) is 13.1 Å². The molecule has 0 aromatic heterocycles. The lowest BCUT2D eigenvalue weighted by molar-refractivity contribution is -0.153. The molecular formula is C22H38N2O3. The highest BCUT2D eigenvalue weighted by Gasteiger charge is 2.37. The Morgan fingerprint density at radius 3 is 1.70 bits per heavy atom. The molecule has 2 aliphatic rings. The smallest absolute Gasteiger partial charge is 0.229 e. The van der Waals surface area contributed by atoms with Gasteiger partial charge in [0.1, 0.15) is 0 Å². The molecule has 0 N–H and O–H groups in total. The van der Waals surface area contributed by atoms with Crippen LogP contribution in [-0.4, -0.2) is 40.6 Å². The van der Waals surface area contributed by atoms with Gasteiger partial charge in [0.25, 0.3) is 0 Å². The number of imide groups is 1. The highest BCUT2D eigenvalue weighted by atomic mass is 16.2. The van der Waals surface area contributed by atoms with Crippen LogP contribution in [0.1, 0.15) is 74.7 Å². The van der Waals surface area contributed by atoms with E-state index in [9.17, 15) is 14.4 Å². The van der Waals surface area contributed by atoms with E-state index in [1.807, 2.05) is 38.8 Å². The maximum atomic E-state index is 11.7. The first-order valence-corrected chi connectivity index (χ1v) is 10.0. The number of allylic oxidation sites excluding steroid dienone is 1. The zero-order chi connectivity index (χ0) is 21.0. The molecule has 3 amide bonds. The van der Waals surface area contributed by atoms with Crippen LogP contribution in [0.15, 0.2) is 12.3 Å². The van der Waals surface area contributed by atoms with Crippen LogP contribution in [0, 0.1) is 22.7 Å². The molecule has 0 radical (unpaired) electrons. The van der Waals surface area contributed by atoms with Gasteiger partial charge in [-0.25, -0.2) is 0 Å². The largest absolute Gasteiger partial charge is 0.319 e. The van der Waals surface area contributed by atoms with Gasteiger partial charge in [-0.05, 0) is 22.7 Å². The Morgan fingerprint density at radius 1 is 0.815 bits per heavy atom. The third-order valence-corrected chi connectivity index (χ3v) is 4.60. The van der Waals surface area contributed by atoms with E-state index < -0.39 is 0 Å². The number of likely N-dealkylation sites (tertiary alicyclic amines) is 1. The van der Waals surface area contributed by atoms with Crippen LogP contribution in [0.2, 0.25) is 0 Å². The fourth-order valence-corrected chi connectivity index (χ4v) is 3.26. The molecule has 0 bridgehead atoms. The fraction of sp³-hybridized carbons (Fsp3) is 0.773. The SMILES string of the molecule is CC(C)CN1C(=O)CC(C)(C)CC1=O.CC(C)CN1C=CC(C)(C)CC1=O. The second-order valence-electron chi connectivity index (χ2n) is 10.2. The van der Waals surface area contributed by atoms with Crippen molar-refractivity contribution in [2.45, 2.75) is 74.7 Å². The number of hydrogen-bond acceptors (Lipinski definition) is 3. The van der Waals surface area contributed by atoms with Crippen LogP contribution in [0.4, 0.5) is 0 Å². The molecule has 0 saturated carbocycles. The molecule has 0 spiro atoms. The minimum absolute atomic E-state index is 0.0139. The van der Waals surface area contributed by atoms with E-state index in [1.54, 1.807) is 0 Å². The van der Waals surface area contributed by atoms with Gasteiger partial charge in [0.05, 0.1) is 0 Å². The van der Waals surface area contributed by atoms with Crippen LogP contribution < -0.4 is 0 Å². The number of carbonyl (C=O) groups excluding carboxylic acids is 3. The Balaban J connectivity index is 0.000000271. The summed E-state index contributed by atoms with van der Waals surface area (Å²) in [7, 11) is 0. The summed E-state index contributed by atoms with van der Waals surface area (Å²) in [6, 6.07) is 0. The van der Waals surface area contributed by atoms with E-state index in [1.165, 1.54) is 4.90 Å². The maximum absolute atomic E-state index is 11.7. The molecule has 5 heteroatoms. The number of amides is 3. The van der Waals surface area contributed by atoms with Crippen LogP contribution >= 0.6 is 0 Å². The van der Waals surface area contributed by atoms with Crippen molar-refractivity contribution in [3.63, 3.8) is 0 Å². The van der Waals surface area contributed by atoms with Crippen molar-refractivity contribution < 1.29 is 14.4 Å². The average Bonchev–Trinajstić information content (AvgIpc) is 2.45. The number of carbonyl (C=O) groups is 3. The topological polar surface area (TPSA) is 57.7 Å². The number of hydrogen-bond donors (Lipinski definition) is 0. The summed E-state index contributed by atoms with van der Waals surface area (Å²) in [5.41, 5.74) is -0.105. The molecule has 0 aromatic carbocycles. The molecule has 154 valence electrons. The molecule has 1 fully saturated rings.